The maximum Gasteiger partial charge on any atom is 0.306 e. The van der Waals surface area contributed by atoms with E-state index in [0.717, 1.165) is 25.7 Å². The maximum atomic E-state index is 10.9. The molecule has 74 valence electrons. The van der Waals surface area contributed by atoms with Crippen LogP contribution in [0.25, 0.3) is 0 Å². The molecule has 1 rings (SSSR count). The second kappa shape index (κ2) is 4.45. The smallest absolute Gasteiger partial charge is 0.306 e. The minimum Gasteiger partial charge on any atom is -0.459 e. The van der Waals surface area contributed by atoms with Gasteiger partial charge in [-0.2, -0.15) is 0 Å². The third-order valence-electron chi connectivity index (χ3n) is 2.46. The van der Waals surface area contributed by atoms with Crippen LogP contribution >= 0.6 is 0 Å². The van der Waals surface area contributed by atoms with Crippen molar-refractivity contribution in [1.82, 2.24) is 0 Å². The summed E-state index contributed by atoms with van der Waals surface area (Å²) in [6.45, 7) is 4.14. The lowest BCUT2D eigenvalue weighted by Gasteiger charge is -2.21. The molecule has 1 saturated heterocycles. The Morgan fingerprint density at radius 1 is 1.54 bits per heavy atom. The largest absolute Gasteiger partial charge is 0.459 e. The van der Waals surface area contributed by atoms with Crippen LogP contribution in [-0.4, -0.2) is 11.6 Å². The number of allylic oxidation sites excluding steroid dienone is 2. The number of ether oxygens (including phenoxy) is 1. The zero-order chi connectivity index (χ0) is 9.73. The fraction of sp³-hybridized carbons (Fsp3) is 0.727. The highest BCUT2D eigenvalue weighted by Crippen LogP contribution is 2.30. The van der Waals surface area contributed by atoms with Gasteiger partial charge in [0.2, 0.25) is 0 Å². The van der Waals surface area contributed by atoms with Gasteiger partial charge in [0, 0.05) is 6.42 Å². The van der Waals surface area contributed by atoms with Gasteiger partial charge in [-0.3, -0.25) is 4.79 Å². The van der Waals surface area contributed by atoms with Crippen molar-refractivity contribution in [2.24, 2.45) is 0 Å². The summed E-state index contributed by atoms with van der Waals surface area (Å²) < 4.78 is 5.26. The Balaban J connectivity index is 2.27. The lowest BCUT2D eigenvalue weighted by molar-refractivity contribution is -0.147. The van der Waals surface area contributed by atoms with Gasteiger partial charge >= 0.3 is 5.97 Å². The van der Waals surface area contributed by atoms with E-state index >= 15 is 0 Å². The molecule has 0 aromatic heterocycles. The van der Waals surface area contributed by atoms with Gasteiger partial charge in [0.15, 0.2) is 0 Å². The van der Waals surface area contributed by atoms with Crippen molar-refractivity contribution in [3.05, 3.63) is 12.2 Å². The van der Waals surface area contributed by atoms with Crippen molar-refractivity contribution in [2.45, 2.75) is 51.6 Å². The Hall–Kier alpha value is -0.790. The summed E-state index contributed by atoms with van der Waals surface area (Å²) in [4.78, 5) is 10.9. The molecule has 0 bridgehead atoms. The first kappa shape index (κ1) is 10.3. The van der Waals surface area contributed by atoms with Gasteiger partial charge in [0.05, 0.1) is 0 Å². The van der Waals surface area contributed by atoms with E-state index < -0.39 is 0 Å². The average molecular weight is 182 g/mol. The van der Waals surface area contributed by atoms with Crippen molar-refractivity contribution in [3.63, 3.8) is 0 Å². The summed E-state index contributed by atoms with van der Waals surface area (Å²) >= 11 is 0. The van der Waals surface area contributed by atoms with E-state index in [2.05, 4.69) is 19.1 Å². The molecule has 13 heavy (non-hydrogen) atoms. The molecular formula is C11H18O2. The lowest BCUT2D eigenvalue weighted by atomic mass is 9.96. The average Bonchev–Trinajstić information content (AvgIpc) is 2.41. The number of carbonyl (C=O) groups excluding carboxylic acids is 1. The van der Waals surface area contributed by atoms with Crippen LogP contribution in [0.1, 0.15) is 46.0 Å². The summed E-state index contributed by atoms with van der Waals surface area (Å²) in [6, 6.07) is 0. The molecule has 0 radical (unpaired) electrons. The van der Waals surface area contributed by atoms with Crippen LogP contribution in [0.15, 0.2) is 12.2 Å². The fourth-order valence-corrected chi connectivity index (χ4v) is 1.59. The first-order valence-corrected chi connectivity index (χ1v) is 5.03. The molecule has 1 atom stereocenters. The molecule has 1 aliphatic rings. The monoisotopic (exact) mass is 182 g/mol. The fourth-order valence-electron chi connectivity index (χ4n) is 1.59. The third-order valence-corrected chi connectivity index (χ3v) is 2.46. The third kappa shape index (κ3) is 3.21. The highest BCUT2D eigenvalue weighted by molar-refractivity contribution is 5.72. The zero-order valence-corrected chi connectivity index (χ0v) is 8.51. The number of carbonyl (C=O) groups is 1. The van der Waals surface area contributed by atoms with E-state index in [1.165, 1.54) is 0 Å². The Morgan fingerprint density at radius 3 is 2.85 bits per heavy atom. The number of hydrogen-bond acceptors (Lipinski definition) is 2. The maximum absolute atomic E-state index is 10.9. The van der Waals surface area contributed by atoms with Crippen LogP contribution in [0.2, 0.25) is 0 Å². The van der Waals surface area contributed by atoms with Crippen LogP contribution in [-0.2, 0) is 9.53 Å². The van der Waals surface area contributed by atoms with Crippen LogP contribution < -0.4 is 0 Å². The zero-order valence-electron chi connectivity index (χ0n) is 8.51. The second-order valence-corrected chi connectivity index (χ2v) is 3.84. The first-order valence-electron chi connectivity index (χ1n) is 5.03. The van der Waals surface area contributed by atoms with E-state index in [0.29, 0.717) is 6.42 Å². The second-order valence-electron chi connectivity index (χ2n) is 3.84. The molecule has 2 heteroatoms. The van der Waals surface area contributed by atoms with Crippen molar-refractivity contribution < 1.29 is 9.53 Å². The Kier molecular flexibility index (Phi) is 3.52. The molecule has 0 aromatic carbocycles. The van der Waals surface area contributed by atoms with Crippen molar-refractivity contribution >= 4 is 5.97 Å². The summed E-state index contributed by atoms with van der Waals surface area (Å²) in [5.74, 6) is -0.0398. The Bertz CT molecular complexity index is 208. The van der Waals surface area contributed by atoms with E-state index in [1.807, 2.05) is 6.92 Å². The van der Waals surface area contributed by atoms with Gasteiger partial charge in [-0.1, -0.05) is 19.1 Å². The molecule has 0 amide bonds. The van der Waals surface area contributed by atoms with Gasteiger partial charge in [-0.05, 0) is 32.6 Å². The molecular weight excluding hydrogens is 164 g/mol. The van der Waals surface area contributed by atoms with E-state index in [9.17, 15) is 4.79 Å². The topological polar surface area (TPSA) is 26.3 Å². The lowest BCUT2D eigenvalue weighted by Crippen LogP contribution is -2.23. The molecule has 0 N–H and O–H groups in total. The van der Waals surface area contributed by atoms with Crippen LogP contribution in [0.3, 0.4) is 0 Å². The van der Waals surface area contributed by atoms with E-state index in [1.54, 1.807) is 0 Å². The van der Waals surface area contributed by atoms with Crippen LogP contribution in [0.4, 0.5) is 0 Å². The van der Waals surface area contributed by atoms with Crippen molar-refractivity contribution in [1.29, 1.82) is 0 Å². The number of hydrogen-bond donors (Lipinski definition) is 0. The van der Waals surface area contributed by atoms with E-state index in [-0.39, 0.29) is 11.6 Å². The minimum absolute atomic E-state index is 0.0398. The quantitative estimate of drug-likeness (QED) is 0.493. The minimum atomic E-state index is -0.185. The number of esters is 1. The van der Waals surface area contributed by atoms with Crippen molar-refractivity contribution in [2.75, 3.05) is 0 Å². The summed E-state index contributed by atoms with van der Waals surface area (Å²) in [7, 11) is 0. The van der Waals surface area contributed by atoms with Crippen LogP contribution in [0, 0.1) is 0 Å². The molecule has 0 aromatic rings. The standard InChI is InChI=1S/C11H18O2/c1-3-4-5-6-8-11(2)9-7-10(12)13-11/h4-5H,3,6-9H2,1-2H3/b5-4+/t11-/m1/s1. The van der Waals surface area contributed by atoms with Crippen LogP contribution in [0.5, 0.6) is 0 Å². The highest BCUT2D eigenvalue weighted by atomic mass is 16.6. The SMILES string of the molecule is CC/C=C/CC[C@]1(C)CCC(=O)O1. The summed E-state index contributed by atoms with van der Waals surface area (Å²) in [5.41, 5.74) is -0.185. The van der Waals surface area contributed by atoms with Gasteiger partial charge in [0.1, 0.15) is 5.60 Å². The molecule has 0 unspecified atom stereocenters. The number of rotatable bonds is 4. The first-order chi connectivity index (χ1) is 6.16. The Labute approximate surface area is 80.0 Å². The summed E-state index contributed by atoms with van der Waals surface area (Å²) in [6.07, 6.45) is 8.83. The van der Waals surface area contributed by atoms with Gasteiger partial charge in [-0.25, -0.2) is 0 Å². The molecule has 2 nitrogen and oxygen atoms in total. The molecule has 0 aliphatic carbocycles. The predicted octanol–water partition coefficient (Wildman–Crippen LogP) is 2.83. The molecule has 1 heterocycles. The van der Waals surface area contributed by atoms with Gasteiger partial charge in [0.25, 0.3) is 0 Å². The Morgan fingerprint density at radius 2 is 2.31 bits per heavy atom. The molecule has 1 aliphatic heterocycles. The van der Waals surface area contributed by atoms with Gasteiger partial charge in [-0.15, -0.1) is 0 Å². The van der Waals surface area contributed by atoms with E-state index in [4.69, 9.17) is 4.74 Å². The molecule has 0 spiro atoms. The predicted molar refractivity (Wildman–Crippen MR) is 52.4 cm³/mol. The van der Waals surface area contributed by atoms with Crippen molar-refractivity contribution in [3.8, 4) is 0 Å². The van der Waals surface area contributed by atoms with Gasteiger partial charge < -0.3 is 4.74 Å². The molecule has 1 fully saturated rings. The molecule has 0 saturated carbocycles. The number of cyclic esters (lactones) is 1. The highest BCUT2D eigenvalue weighted by Gasteiger charge is 2.34. The normalized spacial score (nSPS) is 28.3. The summed E-state index contributed by atoms with van der Waals surface area (Å²) in [5, 5.41) is 0.